The molecule has 1 aliphatic carbocycles. The van der Waals surface area contributed by atoms with Crippen LogP contribution in [0.5, 0.6) is 0 Å². The third-order valence-electron chi connectivity index (χ3n) is 5.64. The quantitative estimate of drug-likeness (QED) is 0.144. The van der Waals surface area contributed by atoms with Crippen molar-refractivity contribution >= 4 is 11.9 Å². The fourth-order valence-corrected chi connectivity index (χ4v) is 3.60. The molecule has 0 heterocycles. The van der Waals surface area contributed by atoms with Crippen molar-refractivity contribution in [2.45, 2.75) is 155 Å². The largest absolute Gasteiger partial charge is 0.693 e. The van der Waals surface area contributed by atoms with E-state index in [1.807, 2.05) is 0 Å². The van der Waals surface area contributed by atoms with Crippen LogP contribution in [-0.4, -0.2) is 28.2 Å². The second-order valence-electron chi connectivity index (χ2n) is 8.93. The van der Waals surface area contributed by atoms with Crippen LogP contribution < -0.4 is 5.73 Å². The SMILES string of the molecule is CCCCCCCCCC(=O)O.CCCCCCCCCC(=O)O.NC1CCCCC1.[NH2-].[Pt]. The van der Waals surface area contributed by atoms with Crippen molar-refractivity contribution in [3.63, 3.8) is 0 Å². The van der Waals surface area contributed by atoms with Gasteiger partial charge < -0.3 is 22.1 Å². The van der Waals surface area contributed by atoms with Crippen LogP contribution in [0.2, 0.25) is 0 Å². The Kier molecular flexibility index (Phi) is 40.6. The minimum Gasteiger partial charge on any atom is -0.693 e. The van der Waals surface area contributed by atoms with Gasteiger partial charge in [0.1, 0.15) is 0 Å². The molecule has 6 nitrogen and oxygen atoms in total. The van der Waals surface area contributed by atoms with Gasteiger partial charge in [-0.05, 0) is 25.7 Å². The molecule has 0 saturated heterocycles. The molecule has 1 fully saturated rings. The van der Waals surface area contributed by atoms with E-state index < -0.39 is 11.9 Å². The normalized spacial score (nSPS) is 12.7. The number of hydrogen-bond donors (Lipinski definition) is 3. The van der Waals surface area contributed by atoms with Gasteiger partial charge in [-0.25, -0.2) is 0 Å². The summed E-state index contributed by atoms with van der Waals surface area (Å²) < 4.78 is 0. The number of rotatable bonds is 16. The van der Waals surface area contributed by atoms with Gasteiger partial charge in [-0.2, -0.15) is 0 Å². The first-order chi connectivity index (χ1) is 14.9. The van der Waals surface area contributed by atoms with Gasteiger partial charge in [0.25, 0.3) is 0 Å². The molecule has 7 heteroatoms. The molecule has 0 atom stereocenters. The smallest absolute Gasteiger partial charge is 0.303 e. The second kappa shape index (κ2) is 33.7. The summed E-state index contributed by atoms with van der Waals surface area (Å²) in [6.07, 6.45) is 23.9. The molecule has 0 radical (unpaired) electrons. The molecule has 0 spiro atoms. The van der Waals surface area contributed by atoms with Crippen LogP contribution in [0.25, 0.3) is 6.15 Å². The van der Waals surface area contributed by atoms with Crippen LogP contribution in [0.15, 0.2) is 0 Å². The summed E-state index contributed by atoms with van der Waals surface area (Å²) in [5.74, 6) is -1.33. The Labute approximate surface area is 219 Å². The minimum atomic E-state index is -0.663. The fourth-order valence-electron chi connectivity index (χ4n) is 3.60. The summed E-state index contributed by atoms with van der Waals surface area (Å²) in [6.45, 7) is 4.40. The van der Waals surface area contributed by atoms with Crippen LogP contribution in [-0.2, 0) is 30.7 Å². The van der Waals surface area contributed by atoms with Crippen molar-refractivity contribution in [3.05, 3.63) is 6.15 Å². The Hall–Kier alpha value is -0.452. The molecule has 1 saturated carbocycles. The molecular weight excluding hydrogens is 599 g/mol. The summed E-state index contributed by atoms with van der Waals surface area (Å²) in [5, 5.41) is 16.7. The van der Waals surface area contributed by atoms with Gasteiger partial charge in [-0.1, -0.05) is 110 Å². The van der Waals surface area contributed by atoms with Crippen LogP contribution in [0, 0.1) is 0 Å². The third kappa shape index (κ3) is 42.2. The predicted molar refractivity (Wildman–Crippen MR) is 137 cm³/mol. The van der Waals surface area contributed by atoms with Crippen LogP contribution in [0.1, 0.15) is 149 Å². The van der Waals surface area contributed by atoms with E-state index in [9.17, 15) is 9.59 Å². The Morgan fingerprint density at radius 1 is 0.636 bits per heavy atom. The molecule has 0 aromatic heterocycles. The standard InChI is InChI=1S/2C10H20O2.C6H13N.H2N.Pt/c2*1-2-3-4-5-6-7-8-9-10(11)12;7-6-4-2-1-3-5-6;;/h2*2-9H2,1H3,(H,11,12);6H,1-5,7H2;1H2;/q;;;-1;. The molecule has 204 valence electrons. The molecule has 0 aromatic rings. The number of carboxylic acids is 2. The zero-order valence-electron chi connectivity index (χ0n) is 21.6. The summed E-state index contributed by atoms with van der Waals surface area (Å²) >= 11 is 0. The predicted octanol–water partition coefficient (Wildman–Crippen LogP) is 8.42. The summed E-state index contributed by atoms with van der Waals surface area (Å²) in [5.41, 5.74) is 5.63. The molecule has 0 unspecified atom stereocenters. The maximum absolute atomic E-state index is 10.1. The van der Waals surface area contributed by atoms with E-state index in [0.717, 1.165) is 25.7 Å². The minimum absolute atomic E-state index is 0. The van der Waals surface area contributed by atoms with E-state index in [-0.39, 0.29) is 27.2 Å². The number of unbranched alkanes of at least 4 members (excludes halogenated alkanes) is 12. The van der Waals surface area contributed by atoms with Crippen LogP contribution in [0.4, 0.5) is 0 Å². The van der Waals surface area contributed by atoms with E-state index in [0.29, 0.717) is 18.9 Å². The van der Waals surface area contributed by atoms with Crippen LogP contribution in [0.3, 0.4) is 0 Å². The molecule has 1 aliphatic rings. The van der Waals surface area contributed by atoms with Crippen molar-refractivity contribution in [2.75, 3.05) is 0 Å². The van der Waals surface area contributed by atoms with Gasteiger partial charge in [0.05, 0.1) is 0 Å². The molecule has 0 aromatic carbocycles. The fraction of sp³-hybridized carbons (Fsp3) is 0.923. The van der Waals surface area contributed by atoms with E-state index in [4.69, 9.17) is 15.9 Å². The number of carbonyl (C=O) groups is 2. The van der Waals surface area contributed by atoms with Gasteiger partial charge in [-0.15, -0.1) is 0 Å². The van der Waals surface area contributed by atoms with Gasteiger partial charge in [0.15, 0.2) is 0 Å². The van der Waals surface area contributed by atoms with Gasteiger partial charge in [-0.3, -0.25) is 9.59 Å². The zero-order valence-corrected chi connectivity index (χ0v) is 23.9. The Morgan fingerprint density at radius 2 is 0.939 bits per heavy atom. The third-order valence-corrected chi connectivity index (χ3v) is 5.64. The first-order valence-electron chi connectivity index (χ1n) is 13.1. The van der Waals surface area contributed by atoms with E-state index >= 15 is 0 Å². The monoisotopic (exact) mass is 654 g/mol. The molecule has 1 rings (SSSR count). The van der Waals surface area contributed by atoms with Crippen LogP contribution >= 0.6 is 0 Å². The van der Waals surface area contributed by atoms with E-state index in [1.54, 1.807) is 0 Å². The zero-order chi connectivity index (χ0) is 23.6. The summed E-state index contributed by atoms with van der Waals surface area (Å²) in [4.78, 5) is 20.3. The van der Waals surface area contributed by atoms with Gasteiger partial charge in [0, 0.05) is 39.9 Å². The summed E-state index contributed by atoms with van der Waals surface area (Å²) in [7, 11) is 0. The molecule has 6 N–H and O–H groups in total. The average Bonchev–Trinajstić information content (AvgIpc) is 2.73. The summed E-state index contributed by atoms with van der Waals surface area (Å²) in [6, 6.07) is 0.536. The topological polar surface area (TPSA) is 134 Å². The first-order valence-corrected chi connectivity index (χ1v) is 13.1. The average molecular weight is 655 g/mol. The van der Waals surface area contributed by atoms with Crippen molar-refractivity contribution < 1.29 is 40.9 Å². The van der Waals surface area contributed by atoms with Crippen molar-refractivity contribution in [1.82, 2.24) is 0 Å². The van der Waals surface area contributed by atoms with Gasteiger partial charge in [0.2, 0.25) is 0 Å². The second-order valence-corrected chi connectivity index (χ2v) is 8.93. The Bertz CT molecular complexity index is 364. The van der Waals surface area contributed by atoms with Crippen molar-refractivity contribution in [3.8, 4) is 0 Å². The number of hydrogen-bond acceptors (Lipinski definition) is 3. The number of nitrogens with two attached hydrogens (primary N) is 2. The first kappa shape index (κ1) is 39.7. The Balaban J connectivity index is -0.000000191. The molecule has 0 aliphatic heterocycles. The number of carboxylic acid groups (broad SMARTS) is 2. The molecule has 33 heavy (non-hydrogen) atoms. The molecular formula is C26H55N2O4Pt-. The van der Waals surface area contributed by atoms with E-state index in [1.165, 1.54) is 96.3 Å². The molecule has 0 bridgehead atoms. The number of aliphatic carboxylic acids is 2. The maximum Gasteiger partial charge on any atom is 0.303 e. The maximum atomic E-state index is 10.1. The van der Waals surface area contributed by atoms with Crippen molar-refractivity contribution in [2.24, 2.45) is 5.73 Å². The van der Waals surface area contributed by atoms with Crippen molar-refractivity contribution in [1.29, 1.82) is 0 Å². The molecule has 0 amide bonds. The van der Waals surface area contributed by atoms with E-state index in [2.05, 4.69) is 13.8 Å². The van der Waals surface area contributed by atoms with Gasteiger partial charge >= 0.3 is 11.9 Å². The Morgan fingerprint density at radius 3 is 1.18 bits per heavy atom.